The number of benzene rings is 2. The molecule has 1 aromatic heterocycles. The number of phenolic OH excluding ortho intramolecular Hbond substituents is 3. The van der Waals surface area contributed by atoms with Gasteiger partial charge in [0.05, 0.1) is 12.2 Å². The highest BCUT2D eigenvalue weighted by molar-refractivity contribution is 5.88. The number of rotatable bonds is 3. The van der Waals surface area contributed by atoms with Crippen LogP contribution in [-0.4, -0.2) is 60.7 Å². The molecule has 7 N–H and O–H groups in total. The Morgan fingerprint density at radius 3 is 2.26 bits per heavy atom. The number of aromatic hydroxyl groups is 3. The van der Waals surface area contributed by atoms with Crippen LogP contribution in [-0.2, 0) is 0 Å². The first-order valence-electron chi connectivity index (χ1n) is 9.70. The fraction of sp³-hybridized carbons (Fsp3) is 0.318. The Kier molecular flexibility index (Phi) is 5.36. The van der Waals surface area contributed by atoms with Gasteiger partial charge in [-0.2, -0.15) is 0 Å². The Morgan fingerprint density at radius 2 is 1.61 bits per heavy atom. The zero-order valence-electron chi connectivity index (χ0n) is 16.2. The molecule has 9 nitrogen and oxygen atoms in total. The maximum absolute atomic E-state index is 12.8. The number of fused-ring (bicyclic) bond motifs is 1. The van der Waals surface area contributed by atoms with Gasteiger partial charge in [-0.05, 0) is 30.7 Å². The summed E-state index contributed by atoms with van der Waals surface area (Å²) in [6.07, 6.45) is -4.58. The lowest BCUT2D eigenvalue weighted by atomic mass is 9.72. The lowest BCUT2D eigenvalue weighted by molar-refractivity contribution is -0.127. The van der Waals surface area contributed by atoms with E-state index in [1.165, 1.54) is 24.3 Å². The number of aliphatic hydroxyl groups excluding tert-OH is 4. The molecule has 0 saturated heterocycles. The van der Waals surface area contributed by atoms with Crippen LogP contribution in [0.3, 0.4) is 0 Å². The Balaban J connectivity index is 1.85. The summed E-state index contributed by atoms with van der Waals surface area (Å²) in [4.78, 5) is 12.8. The third kappa shape index (κ3) is 3.51. The molecule has 0 radical (unpaired) electrons. The van der Waals surface area contributed by atoms with Gasteiger partial charge in [0.25, 0.3) is 0 Å². The van der Waals surface area contributed by atoms with E-state index in [1.807, 2.05) is 0 Å². The molecule has 0 bridgehead atoms. The summed E-state index contributed by atoms with van der Waals surface area (Å²) < 4.78 is 5.69. The maximum atomic E-state index is 12.8. The molecular formula is C22H22O9. The van der Waals surface area contributed by atoms with Crippen LogP contribution in [0.2, 0.25) is 0 Å². The van der Waals surface area contributed by atoms with E-state index in [9.17, 15) is 40.5 Å². The molecule has 1 fully saturated rings. The molecule has 31 heavy (non-hydrogen) atoms. The van der Waals surface area contributed by atoms with E-state index >= 15 is 0 Å². The number of hydrogen-bond acceptors (Lipinski definition) is 9. The molecule has 4 rings (SSSR count). The van der Waals surface area contributed by atoms with Crippen LogP contribution in [0, 0.1) is 5.92 Å². The minimum absolute atomic E-state index is 0.0337. The zero-order valence-corrected chi connectivity index (χ0v) is 16.2. The van der Waals surface area contributed by atoms with Gasteiger partial charge < -0.3 is 40.2 Å². The maximum Gasteiger partial charge on any atom is 0.197 e. The summed E-state index contributed by atoms with van der Waals surface area (Å²) in [5.74, 6) is -2.74. The minimum Gasteiger partial charge on any atom is -0.508 e. The van der Waals surface area contributed by atoms with Gasteiger partial charge >= 0.3 is 0 Å². The average Bonchev–Trinajstić information content (AvgIpc) is 2.73. The van der Waals surface area contributed by atoms with Gasteiger partial charge in [0.2, 0.25) is 0 Å². The van der Waals surface area contributed by atoms with Gasteiger partial charge in [0, 0.05) is 41.7 Å². The molecule has 0 amide bonds. The molecule has 0 spiro atoms. The second kappa shape index (κ2) is 7.86. The van der Waals surface area contributed by atoms with Crippen LogP contribution in [0.4, 0.5) is 0 Å². The van der Waals surface area contributed by atoms with Crippen molar-refractivity contribution in [2.45, 2.75) is 30.7 Å². The van der Waals surface area contributed by atoms with E-state index < -0.39 is 53.7 Å². The molecule has 2 aromatic carbocycles. The predicted molar refractivity (Wildman–Crippen MR) is 109 cm³/mol. The third-order valence-electron chi connectivity index (χ3n) is 5.92. The van der Waals surface area contributed by atoms with Crippen molar-refractivity contribution in [2.75, 3.05) is 6.61 Å². The highest BCUT2D eigenvalue weighted by Gasteiger charge is 2.45. The first-order valence-corrected chi connectivity index (χ1v) is 9.70. The fourth-order valence-electron chi connectivity index (χ4n) is 4.23. The largest absolute Gasteiger partial charge is 0.508 e. The van der Waals surface area contributed by atoms with E-state index in [-0.39, 0.29) is 34.5 Å². The van der Waals surface area contributed by atoms with Gasteiger partial charge in [-0.15, -0.1) is 0 Å². The number of aliphatic hydroxyl groups is 4. The standard InChI is InChI=1S/C22H22O9/c23-8-10-5-12(20(28)22(30)19(10)27)17-13(25)7-16-18(21(17)29)14(26)6-15(31-16)9-1-3-11(24)4-2-9/h1-4,6-7,10,12,19-20,22-25,27-30H,5,8H2/t10-,12+,19-,20+,22+/m1/s1. The SMILES string of the molecule is O=c1cc(-c2ccc(O)cc2)oc2cc(O)c([C@@H]3C[C@H](CO)[C@@H](O)[C@H](O)[C@H]3O)c(O)c12. The summed E-state index contributed by atoms with van der Waals surface area (Å²) in [7, 11) is 0. The summed E-state index contributed by atoms with van der Waals surface area (Å²) in [6.45, 7) is -0.477. The fourth-order valence-corrected chi connectivity index (χ4v) is 4.23. The van der Waals surface area contributed by atoms with Crippen LogP contribution in [0.25, 0.3) is 22.3 Å². The van der Waals surface area contributed by atoms with Crippen molar-refractivity contribution >= 4 is 11.0 Å². The molecular weight excluding hydrogens is 408 g/mol. The van der Waals surface area contributed by atoms with Crippen molar-refractivity contribution in [1.29, 1.82) is 0 Å². The summed E-state index contributed by atoms with van der Waals surface area (Å²) in [5, 5.41) is 70.7. The third-order valence-corrected chi connectivity index (χ3v) is 5.92. The summed E-state index contributed by atoms with van der Waals surface area (Å²) in [5.41, 5.74) is -0.383. The van der Waals surface area contributed by atoms with Crippen molar-refractivity contribution in [2.24, 2.45) is 5.92 Å². The van der Waals surface area contributed by atoms with Crippen molar-refractivity contribution in [3.63, 3.8) is 0 Å². The van der Waals surface area contributed by atoms with Crippen molar-refractivity contribution in [3.05, 3.63) is 52.2 Å². The number of phenols is 3. The summed E-state index contributed by atoms with van der Waals surface area (Å²) in [6, 6.07) is 8.19. The van der Waals surface area contributed by atoms with E-state index in [0.29, 0.717) is 5.56 Å². The van der Waals surface area contributed by atoms with E-state index in [2.05, 4.69) is 0 Å². The first kappa shape index (κ1) is 21.1. The molecule has 1 aliphatic carbocycles. The van der Waals surface area contributed by atoms with Crippen molar-refractivity contribution < 1.29 is 40.2 Å². The van der Waals surface area contributed by atoms with Gasteiger partial charge in [-0.1, -0.05) is 0 Å². The van der Waals surface area contributed by atoms with Gasteiger partial charge in [0.1, 0.15) is 40.1 Å². The monoisotopic (exact) mass is 430 g/mol. The Bertz CT molecular complexity index is 1170. The van der Waals surface area contributed by atoms with E-state index in [4.69, 9.17) is 4.42 Å². The van der Waals surface area contributed by atoms with Gasteiger partial charge in [0.15, 0.2) is 5.43 Å². The smallest absolute Gasteiger partial charge is 0.197 e. The van der Waals surface area contributed by atoms with Gasteiger partial charge in [-0.25, -0.2) is 0 Å². The van der Waals surface area contributed by atoms with Crippen LogP contribution < -0.4 is 5.43 Å². The Morgan fingerprint density at radius 1 is 0.935 bits per heavy atom. The van der Waals surface area contributed by atoms with Crippen LogP contribution in [0.1, 0.15) is 17.9 Å². The quantitative estimate of drug-likeness (QED) is 0.317. The van der Waals surface area contributed by atoms with Crippen molar-refractivity contribution in [1.82, 2.24) is 0 Å². The normalized spacial score (nSPS) is 26.3. The second-order valence-electron chi connectivity index (χ2n) is 7.81. The first-order chi connectivity index (χ1) is 14.7. The molecule has 164 valence electrons. The molecule has 1 heterocycles. The van der Waals surface area contributed by atoms with Crippen molar-refractivity contribution in [3.8, 4) is 28.6 Å². The van der Waals surface area contributed by atoms with Crippen LogP contribution in [0.15, 0.2) is 45.6 Å². The van der Waals surface area contributed by atoms with E-state index in [1.54, 1.807) is 0 Å². The minimum atomic E-state index is -1.61. The highest BCUT2D eigenvalue weighted by Crippen LogP contribution is 2.46. The molecule has 9 heteroatoms. The average molecular weight is 430 g/mol. The summed E-state index contributed by atoms with van der Waals surface area (Å²) >= 11 is 0. The lowest BCUT2D eigenvalue weighted by Gasteiger charge is -2.40. The Labute approximate surface area is 175 Å². The molecule has 3 aromatic rings. The van der Waals surface area contributed by atoms with Crippen LogP contribution >= 0.6 is 0 Å². The molecule has 1 saturated carbocycles. The second-order valence-corrected chi connectivity index (χ2v) is 7.81. The molecule has 1 aliphatic rings. The molecule has 0 unspecified atom stereocenters. The Hall–Kier alpha value is -3.11. The molecule has 5 atom stereocenters. The zero-order chi connectivity index (χ0) is 22.4. The molecule has 0 aliphatic heterocycles. The van der Waals surface area contributed by atoms with E-state index in [0.717, 1.165) is 12.1 Å². The topological polar surface area (TPSA) is 172 Å². The van der Waals surface area contributed by atoms with Gasteiger partial charge in [-0.3, -0.25) is 4.79 Å². The lowest BCUT2D eigenvalue weighted by Crippen LogP contribution is -2.51. The number of hydrogen-bond donors (Lipinski definition) is 7. The highest BCUT2D eigenvalue weighted by atomic mass is 16.4. The predicted octanol–water partition coefficient (Wildman–Crippen LogP) is 0.755. The van der Waals surface area contributed by atoms with Crippen LogP contribution in [0.5, 0.6) is 17.2 Å².